The van der Waals surface area contributed by atoms with Crippen molar-refractivity contribution in [1.29, 1.82) is 0 Å². The number of rotatable bonds is 4. The fourth-order valence-corrected chi connectivity index (χ4v) is 7.27. The summed E-state index contributed by atoms with van der Waals surface area (Å²) in [5.41, 5.74) is 0.256. The lowest BCUT2D eigenvalue weighted by Crippen LogP contribution is -2.54. The third kappa shape index (κ3) is 4.59. The van der Waals surface area contributed by atoms with Crippen LogP contribution in [-0.2, 0) is 4.79 Å². The molecule has 3 fully saturated rings. The van der Waals surface area contributed by atoms with Gasteiger partial charge in [0.25, 0.3) is 0 Å². The molecule has 0 aromatic heterocycles. The number of fused-ring (bicyclic) bond motifs is 3. The number of aliphatic hydroxyl groups excluding tert-OH is 2. The van der Waals surface area contributed by atoms with Crippen molar-refractivity contribution in [2.24, 2.45) is 40.9 Å². The summed E-state index contributed by atoms with van der Waals surface area (Å²) in [6, 6.07) is 0. The molecule has 0 aromatic rings. The highest BCUT2D eigenvalue weighted by Gasteiger charge is 2.54. The average Bonchev–Trinajstić information content (AvgIpc) is 2.71. The Morgan fingerprint density at radius 2 is 1.86 bits per heavy atom. The first-order valence-electron chi connectivity index (χ1n) is 11.8. The molecule has 0 radical (unpaired) electrons. The fourth-order valence-electron chi connectivity index (χ4n) is 7.27. The van der Waals surface area contributed by atoms with Gasteiger partial charge in [0.1, 0.15) is 0 Å². The predicted octanol–water partition coefficient (Wildman–Crippen LogP) is 4.87. The van der Waals surface area contributed by atoms with Crippen molar-refractivity contribution in [2.75, 3.05) is 0 Å². The van der Waals surface area contributed by atoms with Crippen molar-refractivity contribution in [3.63, 3.8) is 0 Å². The molecule has 0 aromatic carbocycles. The van der Waals surface area contributed by atoms with Crippen LogP contribution in [0.15, 0.2) is 0 Å². The highest BCUT2D eigenvalue weighted by molar-refractivity contribution is 5.66. The Morgan fingerprint density at radius 1 is 1.11 bits per heavy atom. The molecule has 3 N–H and O–H groups in total. The number of aliphatic carboxylic acids is 1. The minimum atomic E-state index is -0.684. The molecule has 4 heteroatoms. The zero-order valence-electron chi connectivity index (χ0n) is 18.1. The molecule has 0 amide bonds. The summed E-state index contributed by atoms with van der Waals surface area (Å²) in [4.78, 5) is 11.0. The van der Waals surface area contributed by atoms with Gasteiger partial charge in [0.2, 0.25) is 0 Å². The maximum atomic E-state index is 11.1. The highest BCUT2D eigenvalue weighted by Crippen LogP contribution is 2.59. The molecule has 0 bridgehead atoms. The highest BCUT2D eigenvalue weighted by atomic mass is 16.4. The Hall–Kier alpha value is -0.610. The van der Waals surface area contributed by atoms with E-state index in [-0.39, 0.29) is 24.0 Å². The van der Waals surface area contributed by atoms with Gasteiger partial charge < -0.3 is 15.3 Å². The topological polar surface area (TPSA) is 77.8 Å². The summed E-state index contributed by atoms with van der Waals surface area (Å²) >= 11 is 0. The largest absolute Gasteiger partial charge is 0.481 e. The molecule has 0 aliphatic heterocycles. The third-order valence-corrected chi connectivity index (χ3v) is 9.15. The van der Waals surface area contributed by atoms with Crippen LogP contribution in [0, 0.1) is 40.9 Å². The van der Waals surface area contributed by atoms with Gasteiger partial charge in [-0.2, -0.15) is 0 Å². The van der Waals surface area contributed by atoms with E-state index in [4.69, 9.17) is 5.11 Å². The van der Waals surface area contributed by atoms with Crippen LogP contribution in [0.5, 0.6) is 0 Å². The fraction of sp³-hybridized carbons (Fsp3) is 0.958. The Labute approximate surface area is 171 Å². The first-order valence-corrected chi connectivity index (χ1v) is 11.8. The number of carboxylic acid groups (broad SMARTS) is 1. The second-order valence-corrected chi connectivity index (χ2v) is 10.8. The summed E-state index contributed by atoms with van der Waals surface area (Å²) in [6.45, 7) is 7.02. The maximum Gasteiger partial charge on any atom is 0.303 e. The van der Waals surface area contributed by atoms with Gasteiger partial charge in [0, 0.05) is 6.42 Å². The molecule has 3 aliphatic carbocycles. The van der Waals surface area contributed by atoms with Gasteiger partial charge in [0.05, 0.1) is 12.2 Å². The van der Waals surface area contributed by atoms with E-state index in [0.717, 1.165) is 44.9 Å². The van der Waals surface area contributed by atoms with Crippen molar-refractivity contribution in [3.05, 3.63) is 0 Å². The molecule has 0 spiro atoms. The van der Waals surface area contributed by atoms with E-state index in [0.29, 0.717) is 35.5 Å². The number of aliphatic hydroxyl groups is 2. The van der Waals surface area contributed by atoms with Crippen LogP contribution in [0.3, 0.4) is 0 Å². The third-order valence-electron chi connectivity index (χ3n) is 9.15. The van der Waals surface area contributed by atoms with Crippen LogP contribution in [-0.4, -0.2) is 33.5 Å². The standard InChI is InChI=1S/C24H42O4/c1-15(8-10-22(27)28)17-5-4-6-20-23(16(2)7-9-17)21(26)14-18-13-19(25)11-12-24(18,20)3/h15-21,23,25-26H,4-14H2,1-3H3,(H,27,28)/t15-,16+,17-,18+,19-,20+,21+,23+,24+/m1/s1. The van der Waals surface area contributed by atoms with E-state index < -0.39 is 5.97 Å². The van der Waals surface area contributed by atoms with Gasteiger partial charge in [-0.15, -0.1) is 0 Å². The van der Waals surface area contributed by atoms with Crippen LogP contribution in [0.1, 0.15) is 91.4 Å². The molecule has 4 nitrogen and oxygen atoms in total. The summed E-state index contributed by atoms with van der Waals surface area (Å²) in [7, 11) is 0. The Morgan fingerprint density at radius 3 is 2.57 bits per heavy atom. The average molecular weight is 395 g/mol. The van der Waals surface area contributed by atoms with Gasteiger partial charge in [0.15, 0.2) is 0 Å². The quantitative estimate of drug-likeness (QED) is 0.636. The second kappa shape index (κ2) is 9.04. The van der Waals surface area contributed by atoms with Crippen molar-refractivity contribution in [1.82, 2.24) is 0 Å². The van der Waals surface area contributed by atoms with E-state index >= 15 is 0 Å². The molecule has 3 rings (SSSR count). The van der Waals surface area contributed by atoms with Crippen molar-refractivity contribution in [3.8, 4) is 0 Å². The number of hydrogen-bond donors (Lipinski definition) is 3. The van der Waals surface area contributed by atoms with Gasteiger partial charge in [-0.3, -0.25) is 4.79 Å². The van der Waals surface area contributed by atoms with Crippen LogP contribution < -0.4 is 0 Å². The lowest BCUT2D eigenvalue weighted by molar-refractivity contribution is -0.137. The summed E-state index contributed by atoms with van der Waals surface area (Å²) < 4.78 is 0. The van der Waals surface area contributed by atoms with E-state index in [1.807, 2.05) is 0 Å². The molecule has 0 unspecified atom stereocenters. The smallest absolute Gasteiger partial charge is 0.303 e. The minimum absolute atomic E-state index is 0.185. The second-order valence-electron chi connectivity index (χ2n) is 10.8. The van der Waals surface area contributed by atoms with Gasteiger partial charge in [-0.1, -0.05) is 40.0 Å². The van der Waals surface area contributed by atoms with Crippen molar-refractivity contribution in [2.45, 2.75) is 104 Å². The zero-order valence-corrected chi connectivity index (χ0v) is 18.1. The summed E-state index contributed by atoms with van der Waals surface area (Å²) in [5, 5.41) is 30.3. The molecule has 28 heavy (non-hydrogen) atoms. The van der Waals surface area contributed by atoms with Gasteiger partial charge in [-0.05, 0) is 85.9 Å². The Bertz CT molecular complexity index is 535. The Balaban J connectivity index is 1.74. The SMILES string of the molecule is C[C@H](CCC(=O)O)[C@@H]1CCC[C@H]2[C@H]([C@@H](C)CC1)[C@@H](O)C[C@@H]1C[C@H](O)CC[C@@]12C. The van der Waals surface area contributed by atoms with Crippen LogP contribution in [0.4, 0.5) is 0 Å². The molecule has 0 heterocycles. The van der Waals surface area contributed by atoms with Crippen LogP contribution in [0.2, 0.25) is 0 Å². The molecule has 3 aliphatic rings. The van der Waals surface area contributed by atoms with Crippen molar-refractivity contribution < 1.29 is 20.1 Å². The van der Waals surface area contributed by atoms with E-state index in [2.05, 4.69) is 20.8 Å². The van der Waals surface area contributed by atoms with E-state index in [1.54, 1.807) is 0 Å². The lowest BCUT2D eigenvalue weighted by Gasteiger charge is -2.57. The van der Waals surface area contributed by atoms with Crippen LogP contribution in [0.25, 0.3) is 0 Å². The number of hydrogen-bond acceptors (Lipinski definition) is 3. The van der Waals surface area contributed by atoms with Crippen molar-refractivity contribution >= 4 is 5.97 Å². The normalized spacial score (nSPS) is 45.7. The molecule has 0 saturated heterocycles. The summed E-state index contributed by atoms with van der Waals surface area (Å²) in [6.07, 6.45) is 10.2. The molecule has 9 atom stereocenters. The monoisotopic (exact) mass is 394 g/mol. The van der Waals surface area contributed by atoms with Gasteiger partial charge in [-0.25, -0.2) is 0 Å². The molecule has 162 valence electrons. The minimum Gasteiger partial charge on any atom is -0.481 e. The van der Waals surface area contributed by atoms with Gasteiger partial charge >= 0.3 is 5.97 Å². The molecule has 3 saturated carbocycles. The van der Waals surface area contributed by atoms with E-state index in [9.17, 15) is 15.0 Å². The predicted molar refractivity (Wildman–Crippen MR) is 111 cm³/mol. The summed E-state index contributed by atoms with van der Waals surface area (Å²) in [5.74, 6) is 2.28. The van der Waals surface area contributed by atoms with Crippen LogP contribution >= 0.6 is 0 Å². The number of carboxylic acids is 1. The first kappa shape index (κ1) is 22.1. The maximum absolute atomic E-state index is 11.1. The first-order chi connectivity index (χ1) is 13.2. The number of carbonyl (C=O) groups is 1. The Kier molecular flexibility index (Phi) is 7.13. The zero-order chi connectivity index (χ0) is 20.5. The van der Waals surface area contributed by atoms with E-state index in [1.165, 1.54) is 19.3 Å². The molecular formula is C24H42O4. The lowest BCUT2D eigenvalue weighted by atomic mass is 9.49. The molecular weight excluding hydrogens is 352 g/mol.